The van der Waals surface area contributed by atoms with Crippen LogP contribution < -0.4 is 5.73 Å². The van der Waals surface area contributed by atoms with E-state index in [9.17, 15) is 15.3 Å². The van der Waals surface area contributed by atoms with Gasteiger partial charge < -0.3 is 35.4 Å². The van der Waals surface area contributed by atoms with Crippen LogP contribution in [0.3, 0.4) is 0 Å². The van der Waals surface area contributed by atoms with Gasteiger partial charge in [0.15, 0.2) is 6.29 Å². The number of rotatable bonds is 8. The standard InChI is InChI=1S/C28H34N2O5/c1-18-26(16-30(2)15-25(33)21-5-4-8-24(32)14-21)34-28(22-6-3-7-23(29)13-22)35-27(18)20-11-9-19(17-31)10-12-20/h3-14,18,25-28,31-33H,15-17,29H2,1-2H3/t18-,25+,26+,27+,28+/m0/s1. The van der Waals surface area contributed by atoms with Gasteiger partial charge in [0, 0.05) is 30.3 Å². The lowest BCUT2D eigenvalue weighted by atomic mass is 9.90. The number of aliphatic hydroxyl groups is 2. The van der Waals surface area contributed by atoms with E-state index >= 15 is 0 Å². The molecule has 1 heterocycles. The highest BCUT2D eigenvalue weighted by Crippen LogP contribution is 2.42. The Bertz CT molecular complexity index is 1110. The van der Waals surface area contributed by atoms with Crippen molar-refractivity contribution in [3.05, 3.63) is 95.1 Å². The van der Waals surface area contributed by atoms with Crippen LogP contribution in [0.2, 0.25) is 0 Å². The van der Waals surface area contributed by atoms with Gasteiger partial charge in [-0.25, -0.2) is 0 Å². The van der Waals surface area contributed by atoms with Gasteiger partial charge in [0.05, 0.1) is 24.9 Å². The minimum atomic E-state index is -0.742. The Hall–Kier alpha value is -2.94. The molecule has 0 aromatic heterocycles. The highest BCUT2D eigenvalue weighted by atomic mass is 16.7. The molecule has 0 bridgehead atoms. The summed E-state index contributed by atoms with van der Waals surface area (Å²) in [5, 5.41) is 29.9. The van der Waals surface area contributed by atoms with Gasteiger partial charge in [-0.1, -0.05) is 55.5 Å². The Morgan fingerprint density at radius 1 is 0.971 bits per heavy atom. The lowest BCUT2D eigenvalue weighted by Gasteiger charge is -2.42. The zero-order valence-electron chi connectivity index (χ0n) is 20.1. The molecule has 35 heavy (non-hydrogen) atoms. The maximum atomic E-state index is 10.7. The Labute approximate surface area is 206 Å². The summed E-state index contributed by atoms with van der Waals surface area (Å²) in [6.45, 7) is 3.05. The number of nitrogens with two attached hydrogens (primary N) is 1. The Kier molecular flexibility index (Phi) is 8.05. The molecule has 7 heteroatoms. The van der Waals surface area contributed by atoms with E-state index in [1.165, 1.54) is 0 Å². The number of benzene rings is 3. The molecule has 3 aromatic carbocycles. The van der Waals surface area contributed by atoms with Gasteiger partial charge in [0.25, 0.3) is 0 Å². The maximum absolute atomic E-state index is 10.7. The first-order valence-corrected chi connectivity index (χ1v) is 11.9. The maximum Gasteiger partial charge on any atom is 0.185 e. The van der Waals surface area contributed by atoms with E-state index in [-0.39, 0.29) is 30.5 Å². The Balaban J connectivity index is 1.53. The molecule has 0 radical (unpaired) electrons. The van der Waals surface area contributed by atoms with Crippen molar-refractivity contribution >= 4 is 5.69 Å². The number of phenolic OH excluding ortho intramolecular Hbond substituents is 1. The van der Waals surface area contributed by atoms with Crippen molar-refractivity contribution in [2.75, 3.05) is 25.9 Å². The van der Waals surface area contributed by atoms with E-state index < -0.39 is 12.4 Å². The second-order valence-electron chi connectivity index (χ2n) is 9.32. The summed E-state index contributed by atoms with van der Waals surface area (Å²) >= 11 is 0. The third-order valence-corrected chi connectivity index (χ3v) is 6.54. The van der Waals surface area contributed by atoms with Crippen molar-refractivity contribution in [3.8, 4) is 5.75 Å². The fourth-order valence-corrected chi connectivity index (χ4v) is 4.55. The largest absolute Gasteiger partial charge is 0.508 e. The molecule has 7 nitrogen and oxygen atoms in total. The summed E-state index contributed by atoms with van der Waals surface area (Å²) in [5.74, 6) is 0.151. The smallest absolute Gasteiger partial charge is 0.185 e. The number of ether oxygens (including phenoxy) is 2. The number of aliphatic hydroxyl groups excluding tert-OH is 2. The average Bonchev–Trinajstić information content (AvgIpc) is 2.85. The topological polar surface area (TPSA) is 108 Å². The highest BCUT2D eigenvalue weighted by Gasteiger charge is 2.39. The average molecular weight is 479 g/mol. The molecular formula is C28H34N2O5. The number of likely N-dealkylation sites (N-methyl/N-ethyl adjacent to an activating group) is 1. The first-order chi connectivity index (χ1) is 16.8. The molecular weight excluding hydrogens is 444 g/mol. The van der Waals surface area contributed by atoms with E-state index in [1.54, 1.807) is 24.3 Å². The monoisotopic (exact) mass is 478 g/mol. The summed E-state index contributed by atoms with van der Waals surface area (Å²) in [5.41, 5.74) is 10.0. The molecule has 0 saturated carbocycles. The van der Waals surface area contributed by atoms with Gasteiger partial charge in [-0.2, -0.15) is 0 Å². The quantitative estimate of drug-likeness (QED) is 0.363. The lowest BCUT2D eigenvalue weighted by molar-refractivity contribution is -0.276. The van der Waals surface area contributed by atoms with Crippen molar-refractivity contribution in [1.29, 1.82) is 0 Å². The molecule has 5 N–H and O–H groups in total. The fourth-order valence-electron chi connectivity index (χ4n) is 4.55. The van der Waals surface area contributed by atoms with Gasteiger partial charge in [-0.3, -0.25) is 0 Å². The third-order valence-electron chi connectivity index (χ3n) is 6.54. The summed E-state index contributed by atoms with van der Waals surface area (Å²) in [4.78, 5) is 2.03. The Morgan fingerprint density at radius 3 is 2.40 bits per heavy atom. The third kappa shape index (κ3) is 6.20. The molecule has 0 spiro atoms. The molecule has 0 amide bonds. The molecule has 1 aliphatic rings. The molecule has 3 aromatic rings. The van der Waals surface area contributed by atoms with Gasteiger partial charge in [0.2, 0.25) is 0 Å². The molecule has 0 unspecified atom stereocenters. The van der Waals surface area contributed by atoms with Crippen LogP contribution in [0.5, 0.6) is 5.75 Å². The minimum absolute atomic E-state index is 0.00861. The number of nitrogens with zero attached hydrogens (tertiary/aromatic N) is 1. The normalized spacial score (nSPS) is 23.3. The number of aromatic hydroxyl groups is 1. The number of hydrogen-bond donors (Lipinski definition) is 4. The first kappa shape index (κ1) is 25.2. The van der Waals surface area contributed by atoms with E-state index in [0.717, 1.165) is 16.7 Å². The van der Waals surface area contributed by atoms with Gasteiger partial charge in [-0.05, 0) is 48.0 Å². The second kappa shape index (κ2) is 11.2. The SMILES string of the molecule is C[C@H]1[C@@H](CN(C)C[C@@H](O)c2cccc(O)c2)O[C@@H](c2cccc(N)c2)O[C@H]1c1ccc(CO)cc1. The lowest BCUT2D eigenvalue weighted by Crippen LogP contribution is -2.44. The Morgan fingerprint density at radius 2 is 1.71 bits per heavy atom. The van der Waals surface area contributed by atoms with Crippen LogP contribution in [0.25, 0.3) is 0 Å². The zero-order chi connectivity index (χ0) is 24.9. The summed E-state index contributed by atoms with van der Waals surface area (Å²) in [7, 11) is 1.94. The molecule has 1 saturated heterocycles. The number of phenols is 1. The highest BCUT2D eigenvalue weighted by molar-refractivity contribution is 5.41. The molecule has 1 aliphatic heterocycles. The van der Waals surface area contributed by atoms with Gasteiger partial charge in [0.1, 0.15) is 5.75 Å². The van der Waals surface area contributed by atoms with Crippen molar-refractivity contribution < 1.29 is 24.8 Å². The molecule has 186 valence electrons. The fraction of sp³-hybridized carbons (Fsp3) is 0.357. The van der Waals surface area contributed by atoms with Crippen molar-refractivity contribution in [1.82, 2.24) is 4.90 Å². The molecule has 0 aliphatic carbocycles. The number of hydrogen-bond acceptors (Lipinski definition) is 7. The first-order valence-electron chi connectivity index (χ1n) is 11.9. The number of anilines is 1. The van der Waals surface area contributed by atoms with Crippen molar-refractivity contribution in [3.63, 3.8) is 0 Å². The van der Waals surface area contributed by atoms with E-state index in [2.05, 4.69) is 6.92 Å². The van der Waals surface area contributed by atoms with Crippen LogP contribution in [0, 0.1) is 5.92 Å². The van der Waals surface area contributed by atoms with Crippen LogP contribution in [0.15, 0.2) is 72.8 Å². The summed E-state index contributed by atoms with van der Waals surface area (Å²) in [6.07, 6.45) is -1.74. The predicted octanol–water partition coefficient (Wildman–Crippen LogP) is 3.92. The second-order valence-corrected chi connectivity index (χ2v) is 9.32. The summed E-state index contributed by atoms with van der Waals surface area (Å²) in [6, 6.07) is 22.0. The van der Waals surface area contributed by atoms with E-state index in [4.69, 9.17) is 15.2 Å². The molecule has 1 fully saturated rings. The van der Waals surface area contributed by atoms with Crippen LogP contribution >= 0.6 is 0 Å². The summed E-state index contributed by atoms with van der Waals surface area (Å²) < 4.78 is 12.9. The number of nitrogen functional groups attached to an aromatic ring is 1. The molecule has 5 atom stereocenters. The van der Waals surface area contributed by atoms with Crippen LogP contribution in [-0.4, -0.2) is 46.5 Å². The molecule has 4 rings (SSSR count). The van der Waals surface area contributed by atoms with Crippen LogP contribution in [0.4, 0.5) is 5.69 Å². The van der Waals surface area contributed by atoms with Crippen LogP contribution in [0.1, 0.15) is 47.7 Å². The van der Waals surface area contributed by atoms with Crippen LogP contribution in [-0.2, 0) is 16.1 Å². The zero-order valence-corrected chi connectivity index (χ0v) is 20.1. The van der Waals surface area contributed by atoms with E-state index in [1.807, 2.05) is 60.5 Å². The van der Waals surface area contributed by atoms with E-state index in [0.29, 0.717) is 24.3 Å². The van der Waals surface area contributed by atoms with Crippen molar-refractivity contribution in [2.24, 2.45) is 5.92 Å². The van der Waals surface area contributed by atoms with Crippen molar-refractivity contribution in [2.45, 2.75) is 38.1 Å². The predicted molar refractivity (Wildman–Crippen MR) is 134 cm³/mol. The van der Waals surface area contributed by atoms with Gasteiger partial charge in [-0.15, -0.1) is 0 Å². The minimum Gasteiger partial charge on any atom is -0.508 e. The van der Waals surface area contributed by atoms with Gasteiger partial charge >= 0.3 is 0 Å².